The Hall–Kier alpha value is -5.66. The molecule has 2 heterocycles. The van der Waals surface area contributed by atoms with Crippen molar-refractivity contribution in [2.24, 2.45) is 0 Å². The highest BCUT2D eigenvalue weighted by Gasteiger charge is 2.32. The molecule has 1 atom stereocenters. The van der Waals surface area contributed by atoms with Crippen molar-refractivity contribution in [1.29, 1.82) is 0 Å². The molecule has 4 N–H and O–H groups in total. The first-order valence-corrected chi connectivity index (χ1v) is 13.3. The summed E-state index contributed by atoms with van der Waals surface area (Å²) in [5, 5.41) is 25.5. The fourth-order valence-corrected chi connectivity index (χ4v) is 4.55. The van der Waals surface area contributed by atoms with E-state index in [1.165, 1.54) is 24.3 Å². The zero-order valence-corrected chi connectivity index (χ0v) is 22.8. The lowest BCUT2D eigenvalue weighted by Crippen LogP contribution is -2.41. The molecule has 0 radical (unpaired) electrons. The van der Waals surface area contributed by atoms with Crippen LogP contribution in [-0.2, 0) is 4.79 Å². The number of carboxylic acids is 1. The Kier molecular flexibility index (Phi) is 8.60. The van der Waals surface area contributed by atoms with Crippen LogP contribution in [0.15, 0.2) is 90.7 Å². The van der Waals surface area contributed by atoms with E-state index in [0.29, 0.717) is 17.1 Å². The maximum atomic E-state index is 13.1. The zero-order valence-electron chi connectivity index (χ0n) is 22.8. The van der Waals surface area contributed by atoms with E-state index in [1.54, 1.807) is 40.9 Å². The molecule has 0 aliphatic heterocycles. The van der Waals surface area contributed by atoms with Gasteiger partial charge in [0.1, 0.15) is 6.04 Å². The number of urea groups is 1. The van der Waals surface area contributed by atoms with E-state index in [1.807, 2.05) is 18.2 Å². The molecule has 0 saturated heterocycles. The Morgan fingerprint density at radius 2 is 1.75 bits per heavy atom. The number of para-hydroxylation sites is 2. The van der Waals surface area contributed by atoms with Crippen molar-refractivity contribution in [3.8, 4) is 17.1 Å². The topological polar surface area (TPSA) is 147 Å². The Morgan fingerprint density at radius 1 is 0.977 bits per heavy atom. The number of carboxylic acid groups (broad SMARTS) is 1. The lowest BCUT2D eigenvalue weighted by molar-refractivity contribution is -0.274. The van der Waals surface area contributed by atoms with Crippen molar-refractivity contribution in [2.45, 2.75) is 31.7 Å². The third-order valence-electron chi connectivity index (χ3n) is 6.56. The van der Waals surface area contributed by atoms with E-state index in [4.69, 9.17) is 0 Å². The van der Waals surface area contributed by atoms with Gasteiger partial charge in [0.05, 0.1) is 11.3 Å². The maximum absolute atomic E-state index is 13.1. The van der Waals surface area contributed by atoms with Crippen molar-refractivity contribution in [3.63, 3.8) is 0 Å². The number of aromatic nitrogens is 3. The number of hydrogen-bond acceptors (Lipinski definition) is 6. The van der Waals surface area contributed by atoms with Crippen molar-refractivity contribution in [2.75, 3.05) is 10.6 Å². The predicted octanol–water partition coefficient (Wildman–Crippen LogP) is 5.79. The number of anilines is 2. The van der Waals surface area contributed by atoms with E-state index in [0.717, 1.165) is 24.5 Å². The van der Waals surface area contributed by atoms with E-state index in [-0.39, 0.29) is 23.3 Å². The molecule has 5 rings (SSSR count). The summed E-state index contributed by atoms with van der Waals surface area (Å²) in [6.45, 7) is 0. The Bertz CT molecular complexity index is 1770. The van der Waals surface area contributed by atoms with Crippen molar-refractivity contribution < 1.29 is 37.4 Å². The van der Waals surface area contributed by atoms with Gasteiger partial charge in [-0.2, -0.15) is 0 Å². The van der Waals surface area contributed by atoms with Crippen LogP contribution in [-0.4, -0.2) is 50.0 Å². The van der Waals surface area contributed by atoms with Gasteiger partial charge in [-0.1, -0.05) is 30.4 Å². The normalized spacial score (nSPS) is 13.6. The molecule has 2 aromatic heterocycles. The molecule has 44 heavy (non-hydrogen) atoms. The van der Waals surface area contributed by atoms with Crippen LogP contribution in [0.4, 0.5) is 29.3 Å². The first kappa shape index (κ1) is 29.8. The quantitative estimate of drug-likeness (QED) is 0.189. The third kappa shape index (κ3) is 7.21. The molecule has 0 fully saturated rings. The van der Waals surface area contributed by atoms with Gasteiger partial charge in [-0.25, -0.2) is 9.59 Å². The number of allylic oxidation sites excluding steroid dienone is 3. The second-order valence-electron chi connectivity index (χ2n) is 9.67. The lowest BCUT2D eigenvalue weighted by Gasteiger charge is -2.16. The van der Waals surface area contributed by atoms with Crippen LogP contribution >= 0.6 is 0 Å². The molecule has 3 amide bonds. The summed E-state index contributed by atoms with van der Waals surface area (Å²) in [5.41, 5.74) is 1.91. The highest BCUT2D eigenvalue weighted by atomic mass is 19.4. The van der Waals surface area contributed by atoms with Gasteiger partial charge in [-0.05, 0) is 66.9 Å². The number of ether oxygens (including phenoxy) is 1. The number of carbonyl (C=O) groups is 3. The van der Waals surface area contributed by atoms with Gasteiger partial charge in [0, 0.05) is 23.9 Å². The smallest absolute Gasteiger partial charge is 0.480 e. The standard InChI is InChI=1S/C30H25F3N6O5/c31-30(32,33)44-24-11-5-4-10-22(24)36-29(43)34-20-14-12-19(13-15-20)25-37-38-26-21(9-6-16-39(25)26)27(40)35-23(28(41)42)17-18-7-2-1-3-8-18/h2,4-16,23H,1,3,17H2,(H,35,40)(H,41,42)(H2,34,36,43)/t23-/m0/s1. The molecule has 11 nitrogen and oxygen atoms in total. The van der Waals surface area contributed by atoms with Gasteiger partial charge in [-0.3, -0.25) is 9.20 Å². The van der Waals surface area contributed by atoms with Crippen LogP contribution in [0, 0.1) is 0 Å². The number of benzene rings is 2. The van der Waals surface area contributed by atoms with Crippen LogP contribution in [0.5, 0.6) is 5.75 Å². The molecule has 0 unspecified atom stereocenters. The summed E-state index contributed by atoms with van der Waals surface area (Å²) in [6.07, 6.45) is 4.34. The summed E-state index contributed by atoms with van der Waals surface area (Å²) < 4.78 is 43.5. The van der Waals surface area contributed by atoms with Gasteiger partial charge in [0.25, 0.3) is 5.91 Å². The van der Waals surface area contributed by atoms with Gasteiger partial charge < -0.3 is 25.8 Å². The fourth-order valence-electron chi connectivity index (χ4n) is 4.55. The molecule has 0 spiro atoms. The summed E-state index contributed by atoms with van der Waals surface area (Å²) >= 11 is 0. The number of fused-ring (bicyclic) bond motifs is 1. The number of carbonyl (C=O) groups excluding carboxylic acids is 2. The zero-order chi connectivity index (χ0) is 31.3. The Morgan fingerprint density at radius 3 is 2.45 bits per heavy atom. The van der Waals surface area contributed by atoms with Crippen LogP contribution in [0.2, 0.25) is 0 Å². The van der Waals surface area contributed by atoms with Crippen molar-refractivity contribution in [3.05, 3.63) is 96.2 Å². The summed E-state index contributed by atoms with van der Waals surface area (Å²) in [6, 6.07) is 12.7. The molecule has 226 valence electrons. The molecule has 2 aromatic carbocycles. The number of halogens is 3. The Labute approximate surface area is 248 Å². The van der Waals surface area contributed by atoms with E-state index < -0.39 is 36.1 Å². The average molecular weight is 607 g/mol. The molecule has 4 aromatic rings. The van der Waals surface area contributed by atoms with Gasteiger partial charge in [0.15, 0.2) is 17.2 Å². The molecule has 1 aliphatic rings. The minimum atomic E-state index is -4.92. The number of aliphatic carboxylic acids is 1. The first-order chi connectivity index (χ1) is 21.1. The van der Waals surface area contributed by atoms with Gasteiger partial charge in [-0.15, -0.1) is 23.4 Å². The molecular weight excluding hydrogens is 581 g/mol. The van der Waals surface area contributed by atoms with Gasteiger partial charge >= 0.3 is 18.4 Å². The molecule has 0 saturated carbocycles. The van der Waals surface area contributed by atoms with Crippen LogP contribution in [0.25, 0.3) is 17.0 Å². The largest absolute Gasteiger partial charge is 0.573 e. The lowest BCUT2D eigenvalue weighted by atomic mass is 10.00. The number of hydrogen-bond donors (Lipinski definition) is 4. The number of pyridine rings is 1. The molecule has 0 bridgehead atoms. The van der Waals surface area contributed by atoms with Crippen LogP contribution in [0.3, 0.4) is 0 Å². The maximum Gasteiger partial charge on any atom is 0.573 e. The first-order valence-electron chi connectivity index (χ1n) is 13.3. The van der Waals surface area contributed by atoms with Crippen molar-refractivity contribution >= 4 is 34.9 Å². The number of alkyl halides is 3. The minimum absolute atomic E-state index is 0.135. The number of nitrogens with zero attached hydrogens (tertiary/aromatic N) is 3. The highest BCUT2D eigenvalue weighted by molar-refractivity contribution is 6.02. The molecule has 14 heteroatoms. The summed E-state index contributed by atoms with van der Waals surface area (Å²) in [7, 11) is 0. The second kappa shape index (κ2) is 12.7. The monoisotopic (exact) mass is 606 g/mol. The average Bonchev–Trinajstić information content (AvgIpc) is 3.42. The number of amides is 3. The number of rotatable bonds is 9. The second-order valence-corrected chi connectivity index (χ2v) is 9.67. The van der Waals surface area contributed by atoms with Crippen LogP contribution < -0.4 is 20.7 Å². The van der Waals surface area contributed by atoms with Gasteiger partial charge in [0.2, 0.25) is 0 Å². The fraction of sp³-hybridized carbons (Fsp3) is 0.167. The molecular formula is C30H25F3N6O5. The minimum Gasteiger partial charge on any atom is -0.480 e. The molecule has 1 aliphatic carbocycles. The summed E-state index contributed by atoms with van der Waals surface area (Å²) in [4.78, 5) is 37.4. The predicted molar refractivity (Wildman–Crippen MR) is 154 cm³/mol. The Balaban J connectivity index is 1.28. The van der Waals surface area contributed by atoms with E-state index >= 15 is 0 Å². The van der Waals surface area contributed by atoms with E-state index in [2.05, 4.69) is 30.9 Å². The van der Waals surface area contributed by atoms with Crippen LogP contribution in [0.1, 0.15) is 29.6 Å². The third-order valence-corrected chi connectivity index (χ3v) is 6.56. The highest BCUT2D eigenvalue weighted by Crippen LogP contribution is 2.30. The summed E-state index contributed by atoms with van der Waals surface area (Å²) in [5.74, 6) is -1.96. The SMILES string of the molecule is O=C(Nc1ccc(-c2nnc3c(C(=O)N[C@@H](CC4=CCCC=C4)C(=O)O)cccn23)cc1)Nc1ccccc1OC(F)(F)F. The number of nitrogens with one attached hydrogen (secondary N) is 3. The van der Waals surface area contributed by atoms with Crippen molar-refractivity contribution in [1.82, 2.24) is 19.9 Å². The van der Waals surface area contributed by atoms with E-state index in [9.17, 15) is 32.7 Å².